The maximum Gasteiger partial charge on any atom is 0.260 e. The van der Waals surface area contributed by atoms with Crippen molar-refractivity contribution in [2.75, 3.05) is 43.3 Å². The van der Waals surface area contributed by atoms with E-state index in [9.17, 15) is 14.4 Å². The highest BCUT2D eigenvalue weighted by molar-refractivity contribution is 6.12. The summed E-state index contributed by atoms with van der Waals surface area (Å²) in [5.74, 6) is 1.30. The molecular weight excluding hydrogens is 638 g/mol. The fraction of sp³-hybridized carbons (Fsp3) is 0.263. The van der Waals surface area contributed by atoms with Gasteiger partial charge in [-0.3, -0.25) is 19.4 Å². The molecule has 258 valence electrons. The zero-order valence-corrected chi connectivity index (χ0v) is 28.4. The summed E-state index contributed by atoms with van der Waals surface area (Å²) in [5.41, 5.74) is 5.97. The zero-order valence-electron chi connectivity index (χ0n) is 28.4. The molecule has 0 aliphatic carbocycles. The molecule has 4 aromatic rings. The van der Waals surface area contributed by atoms with Crippen LogP contribution in [0.2, 0.25) is 0 Å². The number of hydrogen-bond donors (Lipinski definition) is 3. The Bertz CT molecular complexity index is 1960. The SMILES string of the molecule is C=Nc1cc(OCc2cc(COc3cc4c(cc3OC)C(=O)N3c5ccccc5CC3CN4)cc(NC(=O)C(C)NC)c2)c(OC)cc1C=O. The van der Waals surface area contributed by atoms with Gasteiger partial charge in [0.2, 0.25) is 5.91 Å². The van der Waals surface area contributed by atoms with E-state index in [-0.39, 0.29) is 31.1 Å². The minimum Gasteiger partial charge on any atom is -0.493 e. The highest BCUT2D eigenvalue weighted by Crippen LogP contribution is 2.41. The number of likely N-dealkylation sites (N-methyl/N-ethyl adjacent to an activating group) is 1. The van der Waals surface area contributed by atoms with Gasteiger partial charge in [-0.1, -0.05) is 18.2 Å². The van der Waals surface area contributed by atoms with Crippen molar-refractivity contribution in [2.24, 2.45) is 4.99 Å². The van der Waals surface area contributed by atoms with Crippen molar-refractivity contribution in [1.82, 2.24) is 5.32 Å². The first-order valence-electron chi connectivity index (χ1n) is 16.1. The molecule has 2 unspecified atom stereocenters. The van der Waals surface area contributed by atoms with Gasteiger partial charge in [-0.15, -0.1) is 0 Å². The highest BCUT2D eigenvalue weighted by Gasteiger charge is 2.37. The Morgan fingerprint density at radius 1 is 1.00 bits per heavy atom. The normalized spacial score (nSPS) is 15.0. The lowest BCUT2D eigenvalue weighted by Crippen LogP contribution is -2.39. The van der Waals surface area contributed by atoms with E-state index in [1.165, 1.54) is 14.2 Å². The number of hydrogen-bond acceptors (Lipinski definition) is 10. The number of anilines is 3. The standard InChI is InChI=1S/C38H39N5O7/c1-22(39-2)37(45)42-27-11-23(20-49-35-16-30(40-3)26(19-44)14-33(35)47-4)10-24(12-27)21-50-36-17-31-29(15-34(36)48-5)38(46)43-28(18-41-31)13-25-8-6-7-9-32(25)43/h6-12,14-17,19,22,28,39,41H,3,13,18,20-21H2,1-2,4-5H3,(H,42,45). The molecule has 50 heavy (non-hydrogen) atoms. The predicted molar refractivity (Wildman–Crippen MR) is 192 cm³/mol. The summed E-state index contributed by atoms with van der Waals surface area (Å²) in [7, 11) is 4.73. The molecule has 0 bridgehead atoms. The van der Waals surface area contributed by atoms with Crippen LogP contribution < -0.4 is 39.8 Å². The zero-order chi connectivity index (χ0) is 35.4. The van der Waals surface area contributed by atoms with Crippen LogP contribution >= 0.6 is 0 Å². The third-order valence-electron chi connectivity index (χ3n) is 8.90. The number of nitrogens with zero attached hydrogens (tertiary/aromatic N) is 2. The lowest BCUT2D eigenvalue weighted by atomic mass is 10.1. The molecule has 3 N–H and O–H groups in total. The van der Waals surface area contributed by atoms with E-state index in [4.69, 9.17) is 18.9 Å². The Morgan fingerprint density at radius 3 is 2.34 bits per heavy atom. The van der Waals surface area contributed by atoms with Crippen molar-refractivity contribution in [3.05, 3.63) is 94.5 Å². The fourth-order valence-corrected chi connectivity index (χ4v) is 6.19. The molecule has 0 radical (unpaired) electrons. The van der Waals surface area contributed by atoms with Gasteiger partial charge < -0.3 is 39.8 Å². The number of aliphatic imine (C=N–C) groups is 1. The van der Waals surface area contributed by atoms with E-state index in [1.54, 1.807) is 38.2 Å². The number of carbonyl (C=O) groups is 3. The Labute approximate surface area is 290 Å². The van der Waals surface area contributed by atoms with Crippen LogP contribution in [-0.4, -0.2) is 64.7 Å². The quantitative estimate of drug-likeness (QED) is 0.123. The van der Waals surface area contributed by atoms with Crippen molar-refractivity contribution in [3.8, 4) is 23.0 Å². The maximum atomic E-state index is 13.9. The lowest BCUT2D eigenvalue weighted by Gasteiger charge is -2.22. The molecule has 2 heterocycles. The van der Waals surface area contributed by atoms with Crippen LogP contribution in [0.4, 0.5) is 22.7 Å². The van der Waals surface area contributed by atoms with Crippen LogP contribution in [0.3, 0.4) is 0 Å². The molecular formula is C38H39N5O7. The van der Waals surface area contributed by atoms with Gasteiger partial charge in [0.25, 0.3) is 5.91 Å². The molecule has 0 spiro atoms. The lowest BCUT2D eigenvalue weighted by molar-refractivity contribution is -0.117. The monoisotopic (exact) mass is 677 g/mol. The van der Waals surface area contributed by atoms with E-state index >= 15 is 0 Å². The van der Waals surface area contributed by atoms with Crippen LogP contribution in [-0.2, 0) is 24.4 Å². The average molecular weight is 678 g/mol. The van der Waals surface area contributed by atoms with Crippen molar-refractivity contribution >= 4 is 47.6 Å². The number of fused-ring (bicyclic) bond motifs is 4. The minimum atomic E-state index is -0.427. The Hall–Kier alpha value is -5.88. The van der Waals surface area contributed by atoms with Crippen molar-refractivity contribution in [2.45, 2.75) is 38.6 Å². The number of para-hydroxylation sites is 1. The number of nitrogens with one attached hydrogen (secondary N) is 3. The third-order valence-corrected chi connectivity index (χ3v) is 8.90. The molecule has 0 aromatic heterocycles. The summed E-state index contributed by atoms with van der Waals surface area (Å²) >= 11 is 0. The average Bonchev–Trinajstić information content (AvgIpc) is 3.46. The molecule has 6 rings (SSSR count). The summed E-state index contributed by atoms with van der Waals surface area (Å²) < 4.78 is 23.6. The maximum absolute atomic E-state index is 13.9. The third kappa shape index (κ3) is 6.83. The summed E-state index contributed by atoms with van der Waals surface area (Å²) in [6.07, 6.45) is 1.45. The fourth-order valence-electron chi connectivity index (χ4n) is 6.19. The molecule has 4 aromatic carbocycles. The van der Waals surface area contributed by atoms with Gasteiger partial charge in [-0.05, 0) is 80.2 Å². The van der Waals surface area contributed by atoms with Gasteiger partial charge in [-0.25, -0.2) is 0 Å². The van der Waals surface area contributed by atoms with Gasteiger partial charge in [0.15, 0.2) is 29.3 Å². The van der Waals surface area contributed by atoms with Crippen molar-refractivity contribution in [3.63, 3.8) is 0 Å². The topological polar surface area (TPSA) is 140 Å². The van der Waals surface area contributed by atoms with Crippen LogP contribution in [0.25, 0.3) is 0 Å². The van der Waals surface area contributed by atoms with Gasteiger partial charge >= 0.3 is 0 Å². The number of benzene rings is 4. The summed E-state index contributed by atoms with van der Waals surface area (Å²) in [5, 5.41) is 9.35. The van der Waals surface area contributed by atoms with E-state index in [2.05, 4.69) is 33.7 Å². The first-order chi connectivity index (χ1) is 24.3. The summed E-state index contributed by atoms with van der Waals surface area (Å²) in [4.78, 5) is 43.9. The molecule has 0 saturated heterocycles. The Morgan fingerprint density at radius 2 is 1.68 bits per heavy atom. The Balaban J connectivity index is 1.26. The van der Waals surface area contributed by atoms with Gasteiger partial charge in [0, 0.05) is 35.6 Å². The number of rotatable bonds is 13. The van der Waals surface area contributed by atoms with Crippen LogP contribution in [0.1, 0.15) is 44.3 Å². The summed E-state index contributed by atoms with van der Waals surface area (Å²) in [6.45, 7) is 6.10. The van der Waals surface area contributed by atoms with Crippen LogP contribution in [0.5, 0.6) is 23.0 Å². The highest BCUT2D eigenvalue weighted by atomic mass is 16.5. The second kappa shape index (κ2) is 14.7. The molecule has 2 aliphatic heterocycles. The van der Waals surface area contributed by atoms with E-state index in [1.807, 2.05) is 41.3 Å². The minimum absolute atomic E-state index is 0.00516. The van der Waals surface area contributed by atoms with Crippen molar-refractivity contribution in [1.29, 1.82) is 0 Å². The van der Waals surface area contributed by atoms with Gasteiger partial charge in [-0.2, -0.15) is 0 Å². The largest absolute Gasteiger partial charge is 0.493 e. The molecule has 0 saturated carbocycles. The second-order valence-corrected chi connectivity index (χ2v) is 12.0. The van der Waals surface area contributed by atoms with Gasteiger partial charge in [0.05, 0.1) is 43.2 Å². The number of carbonyl (C=O) groups excluding carboxylic acids is 3. The number of ether oxygens (including phenoxy) is 4. The van der Waals surface area contributed by atoms with Crippen LogP contribution in [0, 0.1) is 0 Å². The number of aldehydes is 1. The molecule has 2 atom stereocenters. The smallest absolute Gasteiger partial charge is 0.260 e. The second-order valence-electron chi connectivity index (χ2n) is 12.0. The Kier molecular flexibility index (Phi) is 10.0. The first kappa shape index (κ1) is 34.0. The first-order valence-corrected chi connectivity index (χ1v) is 16.1. The van der Waals surface area contributed by atoms with Crippen molar-refractivity contribution < 1.29 is 33.3 Å². The van der Waals surface area contributed by atoms with E-state index < -0.39 is 6.04 Å². The van der Waals surface area contributed by atoms with E-state index in [0.717, 1.165) is 28.8 Å². The van der Waals surface area contributed by atoms with Gasteiger partial charge in [0.1, 0.15) is 13.2 Å². The van der Waals surface area contributed by atoms with E-state index in [0.29, 0.717) is 64.0 Å². The molecule has 0 fully saturated rings. The summed E-state index contributed by atoms with van der Waals surface area (Å²) in [6, 6.07) is 19.7. The molecule has 2 aliphatic rings. The molecule has 2 amide bonds. The predicted octanol–water partition coefficient (Wildman–Crippen LogP) is 5.55. The molecule has 12 heteroatoms. The number of methoxy groups -OCH3 is 2. The number of amides is 2. The molecule has 12 nitrogen and oxygen atoms in total. The van der Waals surface area contributed by atoms with Crippen LogP contribution in [0.15, 0.2) is 71.7 Å².